The molecule has 2 unspecified atom stereocenters. The lowest BCUT2D eigenvalue weighted by atomic mass is 9.84. The van der Waals surface area contributed by atoms with E-state index in [0.29, 0.717) is 42.3 Å². The number of halogens is 4. The molecular formula is C31H32I4O4. The van der Waals surface area contributed by atoms with Crippen LogP contribution in [0.5, 0.6) is 11.5 Å². The van der Waals surface area contributed by atoms with E-state index >= 15 is 0 Å². The third-order valence-electron chi connectivity index (χ3n) is 7.90. The first-order valence-corrected chi connectivity index (χ1v) is 17.1. The summed E-state index contributed by atoms with van der Waals surface area (Å²) in [5.74, 6) is 1.88. The molecule has 39 heavy (non-hydrogen) atoms. The SMILES string of the molecule is Cc1cc(Cc2cc(C)c(O)c(CC3C=C(I)C(O)=C(I)C3)c2C)c(C)c(CC2C=C(I)C(O)=C(I)C2)c1O. The first-order valence-electron chi connectivity index (χ1n) is 12.8. The van der Waals surface area contributed by atoms with Crippen LogP contribution in [0.15, 0.2) is 50.1 Å². The fourth-order valence-electron chi connectivity index (χ4n) is 5.56. The maximum Gasteiger partial charge on any atom is 0.137 e. The Morgan fingerprint density at radius 3 is 1.33 bits per heavy atom. The van der Waals surface area contributed by atoms with Crippen LogP contribution in [-0.2, 0) is 19.3 Å². The molecule has 0 amide bonds. The van der Waals surface area contributed by atoms with Crippen LogP contribution in [0.25, 0.3) is 0 Å². The molecule has 2 aromatic carbocycles. The summed E-state index contributed by atoms with van der Waals surface area (Å²) in [6.45, 7) is 8.11. The van der Waals surface area contributed by atoms with Crippen LogP contribution in [-0.4, -0.2) is 20.4 Å². The number of benzene rings is 2. The highest BCUT2D eigenvalue weighted by atomic mass is 127. The van der Waals surface area contributed by atoms with Crippen LogP contribution in [0, 0.1) is 39.5 Å². The van der Waals surface area contributed by atoms with Crippen LogP contribution in [0.2, 0.25) is 0 Å². The molecule has 0 bridgehead atoms. The first kappa shape index (κ1) is 31.5. The number of hydrogen-bond donors (Lipinski definition) is 4. The van der Waals surface area contributed by atoms with Gasteiger partial charge in [-0.3, -0.25) is 0 Å². The van der Waals surface area contributed by atoms with Gasteiger partial charge in [0.25, 0.3) is 0 Å². The molecule has 4 N–H and O–H groups in total. The fourth-order valence-corrected chi connectivity index (χ4v) is 9.97. The van der Waals surface area contributed by atoms with E-state index in [0.717, 1.165) is 60.5 Å². The molecule has 0 aliphatic heterocycles. The lowest BCUT2D eigenvalue weighted by molar-refractivity contribution is 0.416. The summed E-state index contributed by atoms with van der Waals surface area (Å²) in [6.07, 6.45) is 7.88. The van der Waals surface area contributed by atoms with E-state index in [4.69, 9.17) is 0 Å². The van der Waals surface area contributed by atoms with E-state index in [1.54, 1.807) is 0 Å². The Kier molecular flexibility index (Phi) is 10.3. The third-order valence-corrected chi connectivity index (χ3v) is 11.5. The standard InChI is InChI=1S/C31H32I4O4/c1-14-5-20(16(3)22(28(14)36)7-18-9-24(32)30(38)25(33)10-18)13-21-6-15(2)29(37)23(17(21)4)8-19-11-26(34)31(39)27(35)12-19/h5-6,9,11,18-19,36-39H,7-8,10,12-13H2,1-4H3. The molecule has 0 heterocycles. The van der Waals surface area contributed by atoms with Gasteiger partial charge in [-0.2, -0.15) is 0 Å². The summed E-state index contributed by atoms with van der Waals surface area (Å²) in [7, 11) is 0. The summed E-state index contributed by atoms with van der Waals surface area (Å²) in [4.78, 5) is 0. The van der Waals surface area contributed by atoms with Crippen LogP contribution in [0.1, 0.15) is 57.3 Å². The topological polar surface area (TPSA) is 80.9 Å². The van der Waals surface area contributed by atoms with Crippen molar-refractivity contribution in [1.29, 1.82) is 0 Å². The zero-order valence-corrected chi connectivity index (χ0v) is 30.9. The van der Waals surface area contributed by atoms with Crippen molar-refractivity contribution in [3.63, 3.8) is 0 Å². The summed E-state index contributed by atoms with van der Waals surface area (Å²) >= 11 is 8.80. The molecular weight excluding hydrogens is 944 g/mol. The third kappa shape index (κ3) is 6.79. The van der Waals surface area contributed by atoms with E-state index < -0.39 is 0 Å². The molecule has 0 fully saturated rings. The summed E-state index contributed by atoms with van der Waals surface area (Å²) in [6, 6.07) is 4.18. The number of allylic oxidation sites excluding steroid dienone is 6. The molecule has 0 radical (unpaired) electrons. The number of phenolic OH excluding ortho intramolecular Hbond substituents is 2. The lowest BCUT2D eigenvalue weighted by Gasteiger charge is -2.24. The number of phenols is 2. The van der Waals surface area contributed by atoms with E-state index in [1.165, 1.54) is 11.1 Å². The van der Waals surface area contributed by atoms with Crippen LogP contribution in [0.3, 0.4) is 0 Å². The monoisotopic (exact) mass is 976 g/mol. The van der Waals surface area contributed by atoms with E-state index in [-0.39, 0.29) is 11.8 Å². The minimum Gasteiger partial charge on any atom is -0.507 e. The molecule has 208 valence electrons. The van der Waals surface area contributed by atoms with Gasteiger partial charge in [-0.1, -0.05) is 24.3 Å². The highest BCUT2D eigenvalue weighted by Gasteiger charge is 2.25. The lowest BCUT2D eigenvalue weighted by Crippen LogP contribution is -2.11. The number of aryl methyl sites for hydroxylation is 2. The van der Waals surface area contributed by atoms with Gasteiger partial charge in [0.2, 0.25) is 0 Å². The summed E-state index contributed by atoms with van der Waals surface area (Å²) in [5.41, 5.74) is 8.22. The Balaban J connectivity index is 1.67. The molecule has 2 aliphatic carbocycles. The van der Waals surface area contributed by atoms with Crippen molar-refractivity contribution in [2.24, 2.45) is 11.8 Å². The van der Waals surface area contributed by atoms with Gasteiger partial charge >= 0.3 is 0 Å². The summed E-state index contributed by atoms with van der Waals surface area (Å²) in [5, 5.41) is 42.6. The van der Waals surface area contributed by atoms with Crippen molar-refractivity contribution in [2.75, 3.05) is 0 Å². The van der Waals surface area contributed by atoms with Gasteiger partial charge in [0.05, 0.1) is 7.16 Å². The summed E-state index contributed by atoms with van der Waals surface area (Å²) < 4.78 is 3.65. The Bertz CT molecular complexity index is 1360. The van der Waals surface area contributed by atoms with E-state index in [1.807, 2.05) is 13.8 Å². The number of aromatic hydroxyl groups is 2. The fraction of sp³-hybridized carbons (Fsp3) is 0.355. The van der Waals surface area contributed by atoms with Crippen molar-refractivity contribution < 1.29 is 20.4 Å². The smallest absolute Gasteiger partial charge is 0.137 e. The van der Waals surface area contributed by atoms with Crippen LogP contribution >= 0.6 is 90.4 Å². The number of aliphatic hydroxyl groups is 2. The van der Waals surface area contributed by atoms with Gasteiger partial charge in [0.1, 0.15) is 23.0 Å². The molecule has 0 saturated heterocycles. The Labute approximate surface area is 285 Å². The van der Waals surface area contributed by atoms with Gasteiger partial charge in [-0.15, -0.1) is 0 Å². The molecule has 0 saturated carbocycles. The van der Waals surface area contributed by atoms with Crippen molar-refractivity contribution >= 4 is 90.4 Å². The minimum absolute atomic E-state index is 0.214. The second-order valence-corrected chi connectivity index (χ2v) is 15.6. The maximum atomic E-state index is 11.1. The Morgan fingerprint density at radius 1 is 0.641 bits per heavy atom. The van der Waals surface area contributed by atoms with E-state index in [9.17, 15) is 20.4 Å². The zero-order valence-electron chi connectivity index (χ0n) is 22.3. The Hall–Kier alpha value is -0.480. The predicted octanol–water partition coefficient (Wildman–Crippen LogP) is 10.1. The van der Waals surface area contributed by atoms with Gasteiger partial charge < -0.3 is 20.4 Å². The van der Waals surface area contributed by atoms with Gasteiger partial charge in [-0.25, -0.2) is 0 Å². The maximum absolute atomic E-state index is 11.1. The number of aliphatic hydroxyl groups excluding tert-OH is 2. The van der Waals surface area contributed by atoms with Crippen molar-refractivity contribution in [2.45, 2.75) is 59.8 Å². The molecule has 4 rings (SSSR count). The van der Waals surface area contributed by atoms with Gasteiger partial charge in [0.15, 0.2) is 0 Å². The predicted molar refractivity (Wildman–Crippen MR) is 193 cm³/mol. The highest BCUT2D eigenvalue weighted by molar-refractivity contribution is 14.1. The average Bonchev–Trinajstić information content (AvgIpc) is 2.87. The van der Waals surface area contributed by atoms with Gasteiger partial charge in [-0.05, 0) is 207 Å². The van der Waals surface area contributed by atoms with E-state index in [2.05, 4.69) is 128 Å². The first-order chi connectivity index (χ1) is 18.3. The molecule has 0 aromatic heterocycles. The molecule has 2 aromatic rings. The second-order valence-electron chi connectivity index (χ2n) is 10.7. The molecule has 4 nitrogen and oxygen atoms in total. The Morgan fingerprint density at radius 2 is 1.00 bits per heavy atom. The highest BCUT2D eigenvalue weighted by Crippen LogP contribution is 2.41. The van der Waals surface area contributed by atoms with Crippen molar-refractivity contribution in [1.82, 2.24) is 0 Å². The molecule has 2 atom stereocenters. The van der Waals surface area contributed by atoms with Crippen LogP contribution in [0.4, 0.5) is 0 Å². The largest absolute Gasteiger partial charge is 0.507 e. The number of hydrogen-bond acceptors (Lipinski definition) is 4. The van der Waals surface area contributed by atoms with Crippen molar-refractivity contribution in [3.8, 4) is 11.5 Å². The van der Waals surface area contributed by atoms with Crippen LogP contribution < -0.4 is 0 Å². The van der Waals surface area contributed by atoms with Gasteiger partial charge in [0, 0.05) is 7.16 Å². The van der Waals surface area contributed by atoms with Crippen molar-refractivity contribution in [3.05, 3.63) is 94.6 Å². The zero-order chi connectivity index (χ0) is 28.8. The quantitative estimate of drug-likeness (QED) is 0.218. The number of rotatable bonds is 6. The molecule has 0 spiro atoms. The molecule has 2 aliphatic rings. The average molecular weight is 976 g/mol. The minimum atomic E-state index is 0.214. The second kappa shape index (κ2) is 12.8. The normalized spacial score (nSPS) is 19.9. The molecule has 8 heteroatoms.